The first-order chi connectivity index (χ1) is 7.61. The van der Waals surface area contributed by atoms with Crippen LogP contribution in [0.4, 0.5) is 0 Å². The van der Waals surface area contributed by atoms with E-state index < -0.39 is 0 Å². The summed E-state index contributed by atoms with van der Waals surface area (Å²) in [5.41, 5.74) is -0.212. The van der Waals surface area contributed by atoms with Crippen molar-refractivity contribution in [1.29, 1.82) is 0 Å². The van der Waals surface area contributed by atoms with E-state index in [1.54, 1.807) is 11.8 Å². The van der Waals surface area contributed by atoms with Gasteiger partial charge in [-0.05, 0) is 26.7 Å². The number of carbonyl (C=O) groups excluding carboxylic acids is 2. The summed E-state index contributed by atoms with van der Waals surface area (Å²) in [6.07, 6.45) is 0.365. The van der Waals surface area contributed by atoms with E-state index in [1.807, 2.05) is 20.8 Å². The highest BCUT2D eigenvalue weighted by Crippen LogP contribution is 2.03. The van der Waals surface area contributed by atoms with Crippen LogP contribution in [0, 0.1) is 5.92 Å². The molecule has 0 aromatic heterocycles. The Hall–Kier alpha value is -1.06. The molecule has 0 unspecified atom stereocenters. The molecule has 0 bridgehead atoms. The van der Waals surface area contributed by atoms with Crippen molar-refractivity contribution in [1.82, 2.24) is 10.2 Å². The molecule has 1 N–H and O–H groups in total. The number of hydrogen-bond acceptors (Lipinski definition) is 2. The molecular formula is C13H26N2O2. The van der Waals surface area contributed by atoms with Gasteiger partial charge in [-0.2, -0.15) is 0 Å². The predicted octanol–water partition coefficient (Wildman–Crippen LogP) is 1.80. The van der Waals surface area contributed by atoms with E-state index >= 15 is 0 Å². The molecule has 4 nitrogen and oxygen atoms in total. The van der Waals surface area contributed by atoms with Gasteiger partial charge in [0.25, 0.3) is 0 Å². The number of rotatable bonds is 5. The van der Waals surface area contributed by atoms with Gasteiger partial charge in [-0.15, -0.1) is 0 Å². The van der Waals surface area contributed by atoms with Gasteiger partial charge in [0.2, 0.25) is 11.8 Å². The minimum absolute atomic E-state index is 0.00694. The Morgan fingerprint density at radius 1 is 1.24 bits per heavy atom. The van der Waals surface area contributed by atoms with E-state index in [0.29, 0.717) is 25.4 Å². The van der Waals surface area contributed by atoms with Crippen molar-refractivity contribution in [2.45, 2.75) is 53.5 Å². The zero-order valence-electron chi connectivity index (χ0n) is 12.0. The molecule has 0 saturated heterocycles. The lowest BCUT2D eigenvalue weighted by Crippen LogP contribution is -2.42. The van der Waals surface area contributed by atoms with Crippen molar-refractivity contribution in [2.24, 2.45) is 5.92 Å². The van der Waals surface area contributed by atoms with E-state index in [-0.39, 0.29) is 17.4 Å². The zero-order chi connectivity index (χ0) is 13.6. The summed E-state index contributed by atoms with van der Waals surface area (Å²) in [5.74, 6) is 0.444. The van der Waals surface area contributed by atoms with Crippen LogP contribution < -0.4 is 5.32 Å². The Bertz CT molecular complexity index is 267. The Morgan fingerprint density at radius 3 is 2.12 bits per heavy atom. The lowest BCUT2D eigenvalue weighted by atomic mass is 10.1. The van der Waals surface area contributed by atoms with Crippen molar-refractivity contribution in [3.63, 3.8) is 0 Å². The molecular weight excluding hydrogens is 216 g/mol. The van der Waals surface area contributed by atoms with Crippen LogP contribution in [-0.2, 0) is 9.59 Å². The van der Waals surface area contributed by atoms with E-state index in [0.717, 1.165) is 0 Å². The van der Waals surface area contributed by atoms with E-state index in [9.17, 15) is 9.59 Å². The van der Waals surface area contributed by atoms with Crippen LogP contribution in [0.2, 0.25) is 0 Å². The molecule has 4 heteroatoms. The van der Waals surface area contributed by atoms with Gasteiger partial charge in [-0.1, -0.05) is 13.8 Å². The topological polar surface area (TPSA) is 49.4 Å². The van der Waals surface area contributed by atoms with Crippen molar-refractivity contribution in [3.05, 3.63) is 0 Å². The zero-order valence-corrected chi connectivity index (χ0v) is 12.0. The fraction of sp³-hybridized carbons (Fsp3) is 0.846. The molecule has 0 aliphatic heterocycles. The Labute approximate surface area is 105 Å². The molecule has 2 amide bonds. The third kappa shape index (κ3) is 8.72. The van der Waals surface area contributed by atoms with Crippen LogP contribution in [0.15, 0.2) is 0 Å². The van der Waals surface area contributed by atoms with Gasteiger partial charge in [0.1, 0.15) is 0 Å². The lowest BCUT2D eigenvalue weighted by Gasteiger charge is -2.25. The minimum atomic E-state index is -0.212. The maximum atomic E-state index is 11.6. The number of nitrogens with one attached hydrogen (secondary N) is 1. The van der Waals surface area contributed by atoms with Gasteiger partial charge < -0.3 is 10.2 Å². The largest absolute Gasteiger partial charge is 0.351 e. The number of hydrogen-bond donors (Lipinski definition) is 1. The SMILES string of the molecule is CC(=O)N(CCC(=O)NC(C)(C)C)CC(C)C. The predicted molar refractivity (Wildman–Crippen MR) is 69.6 cm³/mol. The standard InChI is InChI=1S/C13H26N2O2/c1-10(2)9-15(11(3)16)8-7-12(17)14-13(4,5)6/h10H,7-9H2,1-6H3,(H,14,17). The second-order valence-electron chi connectivity index (χ2n) is 5.91. The molecule has 0 radical (unpaired) electrons. The highest BCUT2D eigenvalue weighted by atomic mass is 16.2. The molecule has 0 atom stereocenters. The van der Waals surface area contributed by atoms with Crippen molar-refractivity contribution < 1.29 is 9.59 Å². The van der Waals surface area contributed by atoms with E-state index in [2.05, 4.69) is 19.2 Å². The van der Waals surface area contributed by atoms with Crippen LogP contribution in [-0.4, -0.2) is 35.3 Å². The van der Waals surface area contributed by atoms with E-state index in [4.69, 9.17) is 0 Å². The Morgan fingerprint density at radius 2 is 1.76 bits per heavy atom. The summed E-state index contributed by atoms with van der Waals surface area (Å²) in [4.78, 5) is 24.7. The summed E-state index contributed by atoms with van der Waals surface area (Å²) >= 11 is 0. The van der Waals surface area contributed by atoms with Gasteiger partial charge >= 0.3 is 0 Å². The average Bonchev–Trinajstić information content (AvgIpc) is 2.08. The molecule has 17 heavy (non-hydrogen) atoms. The fourth-order valence-electron chi connectivity index (χ4n) is 1.54. The van der Waals surface area contributed by atoms with E-state index in [1.165, 1.54) is 0 Å². The number of amides is 2. The van der Waals surface area contributed by atoms with Crippen LogP contribution in [0.5, 0.6) is 0 Å². The third-order valence-corrected chi connectivity index (χ3v) is 2.15. The highest BCUT2D eigenvalue weighted by Gasteiger charge is 2.16. The van der Waals surface area contributed by atoms with Crippen LogP contribution >= 0.6 is 0 Å². The summed E-state index contributed by atoms with van der Waals surface area (Å²) in [7, 11) is 0. The molecule has 0 fully saturated rings. The van der Waals surface area contributed by atoms with Crippen LogP contribution in [0.25, 0.3) is 0 Å². The van der Waals surface area contributed by atoms with Gasteiger partial charge in [-0.25, -0.2) is 0 Å². The van der Waals surface area contributed by atoms with Gasteiger partial charge in [0.05, 0.1) is 0 Å². The lowest BCUT2D eigenvalue weighted by molar-refractivity contribution is -0.130. The maximum absolute atomic E-state index is 11.6. The summed E-state index contributed by atoms with van der Waals surface area (Å²) < 4.78 is 0. The molecule has 0 spiro atoms. The molecule has 0 heterocycles. The van der Waals surface area contributed by atoms with Crippen molar-refractivity contribution >= 4 is 11.8 Å². The smallest absolute Gasteiger partial charge is 0.222 e. The second kappa shape index (κ2) is 6.62. The molecule has 100 valence electrons. The van der Waals surface area contributed by atoms with Crippen LogP contribution in [0.3, 0.4) is 0 Å². The second-order valence-corrected chi connectivity index (χ2v) is 5.91. The van der Waals surface area contributed by atoms with Crippen molar-refractivity contribution in [3.8, 4) is 0 Å². The highest BCUT2D eigenvalue weighted by molar-refractivity contribution is 5.78. The van der Waals surface area contributed by atoms with Crippen LogP contribution in [0.1, 0.15) is 48.0 Å². The number of nitrogens with zero attached hydrogens (tertiary/aromatic N) is 1. The molecule has 0 aromatic carbocycles. The average molecular weight is 242 g/mol. The minimum Gasteiger partial charge on any atom is -0.351 e. The summed E-state index contributed by atoms with van der Waals surface area (Å²) in [6.45, 7) is 12.7. The first-order valence-electron chi connectivity index (χ1n) is 6.18. The summed E-state index contributed by atoms with van der Waals surface area (Å²) in [5, 5.41) is 2.89. The molecule has 0 saturated carbocycles. The van der Waals surface area contributed by atoms with Gasteiger partial charge in [0, 0.05) is 32.0 Å². The number of carbonyl (C=O) groups is 2. The first-order valence-corrected chi connectivity index (χ1v) is 6.18. The monoisotopic (exact) mass is 242 g/mol. The molecule has 0 rings (SSSR count). The fourth-order valence-corrected chi connectivity index (χ4v) is 1.54. The quantitative estimate of drug-likeness (QED) is 0.799. The normalized spacial score (nSPS) is 11.5. The Kier molecular flexibility index (Phi) is 6.21. The van der Waals surface area contributed by atoms with Gasteiger partial charge in [0.15, 0.2) is 0 Å². The molecule has 0 aromatic rings. The maximum Gasteiger partial charge on any atom is 0.222 e. The third-order valence-electron chi connectivity index (χ3n) is 2.15. The van der Waals surface area contributed by atoms with Gasteiger partial charge in [-0.3, -0.25) is 9.59 Å². The molecule has 0 aliphatic rings. The van der Waals surface area contributed by atoms with Crippen molar-refractivity contribution in [2.75, 3.05) is 13.1 Å². The first kappa shape index (κ1) is 15.9. The molecule has 0 aliphatic carbocycles. The summed E-state index contributed by atoms with van der Waals surface area (Å²) in [6, 6.07) is 0. The Balaban J connectivity index is 4.13.